The minimum atomic E-state index is 0.606. The second-order valence-electron chi connectivity index (χ2n) is 5.57. The summed E-state index contributed by atoms with van der Waals surface area (Å²) in [5.41, 5.74) is 2.56. The van der Waals surface area contributed by atoms with Gasteiger partial charge in [0, 0.05) is 36.7 Å². The highest BCUT2D eigenvalue weighted by Gasteiger charge is 2.33. The zero-order chi connectivity index (χ0) is 13.9. The molecule has 1 aliphatic rings. The van der Waals surface area contributed by atoms with E-state index < -0.39 is 0 Å². The molecule has 4 nitrogen and oxygen atoms in total. The lowest BCUT2D eigenvalue weighted by atomic mass is 10.1. The molecule has 2 unspecified atom stereocenters. The van der Waals surface area contributed by atoms with Crippen LogP contribution < -0.4 is 10.6 Å². The van der Waals surface area contributed by atoms with Crippen LogP contribution in [0.5, 0.6) is 0 Å². The van der Waals surface area contributed by atoms with Gasteiger partial charge < -0.3 is 15.6 Å². The predicted octanol–water partition coefficient (Wildman–Crippen LogP) is 2.28. The largest absolute Gasteiger partial charge is 0.361 e. The number of fused-ring (bicyclic) bond motifs is 1. The van der Waals surface area contributed by atoms with Crippen molar-refractivity contribution in [2.75, 3.05) is 13.6 Å². The Morgan fingerprint density at radius 3 is 2.95 bits per heavy atom. The van der Waals surface area contributed by atoms with Crippen molar-refractivity contribution < 1.29 is 0 Å². The maximum Gasteiger partial charge on any atom is 0.191 e. The molecule has 2 atom stereocenters. The maximum atomic E-state index is 4.27. The van der Waals surface area contributed by atoms with Gasteiger partial charge in [0.1, 0.15) is 0 Å². The molecule has 3 rings (SSSR count). The number of aliphatic imine (C=N–C) groups is 1. The molecule has 0 spiro atoms. The Kier molecular flexibility index (Phi) is 3.63. The van der Waals surface area contributed by atoms with Crippen molar-refractivity contribution in [2.45, 2.75) is 25.8 Å². The van der Waals surface area contributed by atoms with E-state index in [-0.39, 0.29) is 0 Å². The van der Waals surface area contributed by atoms with Crippen molar-refractivity contribution in [3.05, 3.63) is 36.0 Å². The lowest BCUT2D eigenvalue weighted by Crippen LogP contribution is -2.39. The van der Waals surface area contributed by atoms with E-state index in [0.717, 1.165) is 24.8 Å². The fourth-order valence-electron chi connectivity index (χ4n) is 2.55. The maximum absolute atomic E-state index is 4.27. The summed E-state index contributed by atoms with van der Waals surface area (Å²) < 4.78 is 0. The molecule has 1 aromatic carbocycles. The van der Waals surface area contributed by atoms with Crippen LogP contribution in [0.3, 0.4) is 0 Å². The Bertz CT molecular complexity index is 614. The van der Waals surface area contributed by atoms with Crippen molar-refractivity contribution >= 4 is 16.9 Å². The molecule has 0 aliphatic heterocycles. The Hall–Kier alpha value is -1.97. The molecular formula is C16H22N4. The van der Waals surface area contributed by atoms with Crippen molar-refractivity contribution in [1.29, 1.82) is 0 Å². The Morgan fingerprint density at radius 1 is 1.40 bits per heavy atom. The van der Waals surface area contributed by atoms with Gasteiger partial charge in [0.25, 0.3) is 0 Å². The van der Waals surface area contributed by atoms with Gasteiger partial charge in [-0.2, -0.15) is 0 Å². The number of hydrogen-bond acceptors (Lipinski definition) is 1. The molecule has 1 fully saturated rings. The normalized spacial score (nSPS) is 22.0. The van der Waals surface area contributed by atoms with E-state index in [1.165, 1.54) is 22.9 Å². The third kappa shape index (κ3) is 2.79. The molecule has 2 aromatic rings. The Labute approximate surface area is 119 Å². The first-order valence-electron chi connectivity index (χ1n) is 7.30. The second-order valence-corrected chi connectivity index (χ2v) is 5.57. The molecule has 0 bridgehead atoms. The molecule has 4 heteroatoms. The highest BCUT2D eigenvalue weighted by molar-refractivity contribution is 5.83. The molecule has 1 saturated carbocycles. The van der Waals surface area contributed by atoms with Crippen molar-refractivity contribution in [1.82, 2.24) is 15.6 Å². The average molecular weight is 270 g/mol. The third-order valence-electron chi connectivity index (χ3n) is 4.02. The first kappa shape index (κ1) is 13.0. The van der Waals surface area contributed by atoms with Gasteiger partial charge in [0.15, 0.2) is 5.96 Å². The second kappa shape index (κ2) is 5.57. The standard InChI is InChI=1S/C16H22N4/c1-11-9-15(11)20-16(17-2)18-8-7-12-10-19-14-6-4-3-5-13(12)14/h3-6,10-11,15,19H,7-9H2,1-2H3,(H2,17,18,20). The summed E-state index contributed by atoms with van der Waals surface area (Å²) in [4.78, 5) is 7.59. The van der Waals surface area contributed by atoms with Gasteiger partial charge in [-0.3, -0.25) is 4.99 Å². The van der Waals surface area contributed by atoms with Gasteiger partial charge in [-0.05, 0) is 30.4 Å². The number of nitrogens with one attached hydrogen (secondary N) is 3. The minimum absolute atomic E-state index is 0.606. The van der Waals surface area contributed by atoms with Crippen LogP contribution in [0.25, 0.3) is 10.9 Å². The van der Waals surface area contributed by atoms with Crippen LogP contribution in [-0.2, 0) is 6.42 Å². The number of aromatic amines is 1. The van der Waals surface area contributed by atoms with Crippen LogP contribution >= 0.6 is 0 Å². The summed E-state index contributed by atoms with van der Waals surface area (Å²) in [6, 6.07) is 9.03. The molecule has 0 amide bonds. The van der Waals surface area contributed by atoms with Crippen LogP contribution in [0.4, 0.5) is 0 Å². The fraction of sp³-hybridized carbons (Fsp3) is 0.438. The van der Waals surface area contributed by atoms with Crippen LogP contribution in [-0.4, -0.2) is 30.6 Å². The molecule has 1 aromatic heterocycles. The Morgan fingerprint density at radius 2 is 2.20 bits per heavy atom. The van der Waals surface area contributed by atoms with Crippen LogP contribution in [0.15, 0.2) is 35.5 Å². The summed E-state index contributed by atoms with van der Waals surface area (Å²) >= 11 is 0. The highest BCUT2D eigenvalue weighted by atomic mass is 15.2. The molecule has 3 N–H and O–H groups in total. The molecule has 0 saturated heterocycles. The number of para-hydroxylation sites is 1. The van der Waals surface area contributed by atoms with Gasteiger partial charge in [-0.25, -0.2) is 0 Å². The van der Waals surface area contributed by atoms with Crippen LogP contribution in [0, 0.1) is 5.92 Å². The number of hydrogen-bond donors (Lipinski definition) is 3. The molecule has 1 aliphatic carbocycles. The van der Waals surface area contributed by atoms with E-state index in [9.17, 15) is 0 Å². The molecule has 106 valence electrons. The highest BCUT2D eigenvalue weighted by Crippen LogP contribution is 2.28. The van der Waals surface area contributed by atoms with Crippen LogP contribution in [0.1, 0.15) is 18.9 Å². The lowest BCUT2D eigenvalue weighted by molar-refractivity contribution is 0.759. The summed E-state index contributed by atoms with van der Waals surface area (Å²) in [5.74, 6) is 1.70. The third-order valence-corrected chi connectivity index (χ3v) is 4.02. The summed E-state index contributed by atoms with van der Waals surface area (Å²) in [5, 5.41) is 8.14. The van der Waals surface area contributed by atoms with Gasteiger partial charge in [-0.15, -0.1) is 0 Å². The monoisotopic (exact) mass is 270 g/mol. The first-order valence-corrected chi connectivity index (χ1v) is 7.30. The van der Waals surface area contributed by atoms with E-state index in [4.69, 9.17) is 0 Å². The lowest BCUT2D eigenvalue weighted by Gasteiger charge is -2.11. The van der Waals surface area contributed by atoms with Gasteiger partial charge in [0.2, 0.25) is 0 Å². The average Bonchev–Trinajstić information content (AvgIpc) is 3.00. The number of guanidine groups is 1. The number of nitrogens with zero attached hydrogens (tertiary/aromatic N) is 1. The van der Waals surface area contributed by atoms with Crippen molar-refractivity contribution in [3.8, 4) is 0 Å². The SMILES string of the molecule is CN=C(NCCc1c[nH]c2ccccc12)NC1CC1C. The zero-order valence-corrected chi connectivity index (χ0v) is 12.1. The number of aromatic nitrogens is 1. The molecule has 1 heterocycles. The Balaban J connectivity index is 1.54. The fourth-order valence-corrected chi connectivity index (χ4v) is 2.55. The van der Waals surface area contributed by atoms with Gasteiger partial charge in [-0.1, -0.05) is 25.1 Å². The van der Waals surface area contributed by atoms with E-state index >= 15 is 0 Å². The molecule has 20 heavy (non-hydrogen) atoms. The predicted molar refractivity (Wildman–Crippen MR) is 84.1 cm³/mol. The first-order chi connectivity index (χ1) is 9.78. The topological polar surface area (TPSA) is 52.2 Å². The smallest absolute Gasteiger partial charge is 0.191 e. The number of benzene rings is 1. The van der Waals surface area contributed by atoms with Gasteiger partial charge in [0.05, 0.1) is 0 Å². The van der Waals surface area contributed by atoms with Crippen LogP contribution in [0.2, 0.25) is 0 Å². The van der Waals surface area contributed by atoms with E-state index in [1.54, 1.807) is 0 Å². The van der Waals surface area contributed by atoms with Crippen molar-refractivity contribution in [3.63, 3.8) is 0 Å². The number of H-pyrrole nitrogens is 1. The van der Waals surface area contributed by atoms with E-state index in [1.807, 2.05) is 7.05 Å². The number of rotatable bonds is 4. The summed E-state index contributed by atoms with van der Waals surface area (Å²) in [7, 11) is 1.83. The molecule has 0 radical (unpaired) electrons. The quantitative estimate of drug-likeness (QED) is 0.590. The van der Waals surface area contributed by atoms with E-state index in [2.05, 4.69) is 58.0 Å². The summed E-state index contributed by atoms with van der Waals surface area (Å²) in [6.07, 6.45) is 4.35. The zero-order valence-electron chi connectivity index (χ0n) is 12.1. The molecular weight excluding hydrogens is 248 g/mol. The van der Waals surface area contributed by atoms with E-state index in [0.29, 0.717) is 6.04 Å². The van der Waals surface area contributed by atoms with Crippen molar-refractivity contribution in [2.24, 2.45) is 10.9 Å². The van der Waals surface area contributed by atoms with Gasteiger partial charge >= 0.3 is 0 Å². The summed E-state index contributed by atoms with van der Waals surface area (Å²) in [6.45, 7) is 3.15. The minimum Gasteiger partial charge on any atom is -0.361 e.